The first kappa shape index (κ1) is 22.8. The smallest absolute Gasteiger partial charge is 0.462 e. The van der Waals surface area contributed by atoms with Crippen LogP contribution in [0.3, 0.4) is 0 Å². The van der Waals surface area contributed by atoms with Gasteiger partial charge in [-0.2, -0.15) is 0 Å². The van der Waals surface area contributed by atoms with Crippen LogP contribution in [0.4, 0.5) is 0 Å². The van der Waals surface area contributed by atoms with Crippen LogP contribution < -0.4 is 0 Å². The van der Waals surface area contributed by atoms with E-state index >= 15 is 0 Å². The summed E-state index contributed by atoms with van der Waals surface area (Å²) in [7, 11) is 1.92. The normalized spacial score (nSPS) is 18.1. The van der Waals surface area contributed by atoms with Crippen molar-refractivity contribution in [1.82, 2.24) is 0 Å². The lowest BCUT2D eigenvalue weighted by atomic mass is 10.1. The molecule has 11 heteroatoms. The molecule has 0 aromatic heterocycles. The highest BCUT2D eigenvalue weighted by molar-refractivity contribution is 7.48. The van der Waals surface area contributed by atoms with Crippen LogP contribution in [-0.2, 0) is 42.0 Å². The monoisotopic (exact) mass is 390 g/mol. The lowest BCUT2D eigenvalue weighted by Gasteiger charge is -2.22. The zero-order chi connectivity index (χ0) is 19.6. The predicted molar refractivity (Wildman–Crippen MR) is 90.4 cm³/mol. The van der Waals surface area contributed by atoms with Gasteiger partial charge in [-0.1, -0.05) is 19.8 Å². The van der Waals surface area contributed by atoms with E-state index in [2.05, 4.69) is 4.52 Å². The van der Waals surface area contributed by atoms with E-state index in [0.717, 1.165) is 32.8 Å². The average molecular weight is 390 g/mol. The molecule has 0 N–H and O–H groups in total. The molecule has 1 saturated carbocycles. The van der Waals surface area contributed by atoms with Gasteiger partial charge in [-0.15, -0.1) is 0 Å². The fraction of sp³-hybridized carbons (Fsp3) is 0.800. The molecule has 0 aromatic carbocycles. The van der Waals surface area contributed by atoms with Gasteiger partial charge in [0.05, 0.1) is 12.5 Å². The van der Waals surface area contributed by atoms with Gasteiger partial charge >= 0.3 is 19.8 Å². The molecule has 1 fully saturated rings. The standard InChI is InChI=1S/C15H24BO9P/c1-3-14(18)22-8-12(25-15(19)11-6-4-5-7-11)9-23-26(20,21-2)24-10-13(16)17/h11-12H,3-10H2,1-2H3. The number of carbonyl (C=O) groups is 3. The lowest BCUT2D eigenvalue weighted by molar-refractivity contribution is -0.164. The number of phosphoric ester groups is 1. The van der Waals surface area contributed by atoms with Crippen LogP contribution in [0.25, 0.3) is 0 Å². The van der Waals surface area contributed by atoms with Gasteiger partial charge in [0, 0.05) is 13.5 Å². The van der Waals surface area contributed by atoms with Gasteiger partial charge in [0.1, 0.15) is 18.9 Å². The highest BCUT2D eigenvalue weighted by Crippen LogP contribution is 2.48. The van der Waals surface area contributed by atoms with Gasteiger partial charge in [-0.05, 0) is 12.8 Å². The first-order valence-corrected chi connectivity index (χ1v) is 9.85. The van der Waals surface area contributed by atoms with Crippen molar-refractivity contribution in [2.75, 3.05) is 26.9 Å². The van der Waals surface area contributed by atoms with Crippen molar-refractivity contribution in [3.05, 3.63) is 0 Å². The molecule has 26 heavy (non-hydrogen) atoms. The van der Waals surface area contributed by atoms with Gasteiger partial charge in [-0.3, -0.25) is 23.2 Å². The Balaban J connectivity index is 2.63. The van der Waals surface area contributed by atoms with Crippen molar-refractivity contribution in [2.45, 2.75) is 45.1 Å². The third-order valence-electron chi connectivity index (χ3n) is 3.70. The summed E-state index contributed by atoms with van der Waals surface area (Å²) in [4.78, 5) is 34.2. The molecule has 0 aromatic rings. The van der Waals surface area contributed by atoms with Crippen molar-refractivity contribution in [3.8, 4) is 0 Å². The van der Waals surface area contributed by atoms with E-state index in [1.54, 1.807) is 6.92 Å². The molecule has 0 saturated heterocycles. The van der Waals surface area contributed by atoms with Crippen molar-refractivity contribution in [1.29, 1.82) is 0 Å². The minimum atomic E-state index is -4.06. The third kappa shape index (κ3) is 8.44. The van der Waals surface area contributed by atoms with Crippen LogP contribution in [0.5, 0.6) is 0 Å². The summed E-state index contributed by atoms with van der Waals surface area (Å²) in [5.41, 5.74) is -0.855. The number of hydrogen-bond acceptors (Lipinski definition) is 9. The van der Waals surface area contributed by atoms with E-state index in [1.807, 2.05) is 0 Å². The SMILES string of the molecule is [B]C(=O)COP(=O)(OC)OCC(COC(=O)CC)OC(=O)C1CCCC1. The summed E-state index contributed by atoms with van der Waals surface area (Å²) in [6.45, 7) is 0.293. The highest BCUT2D eigenvalue weighted by Gasteiger charge is 2.31. The van der Waals surface area contributed by atoms with E-state index in [4.69, 9.17) is 26.4 Å². The van der Waals surface area contributed by atoms with E-state index in [9.17, 15) is 18.9 Å². The second-order valence-electron chi connectivity index (χ2n) is 5.74. The number of phosphoric acid groups is 1. The highest BCUT2D eigenvalue weighted by atomic mass is 31.2. The zero-order valence-electron chi connectivity index (χ0n) is 15.0. The molecular weight excluding hydrogens is 366 g/mol. The van der Waals surface area contributed by atoms with E-state index < -0.39 is 44.8 Å². The van der Waals surface area contributed by atoms with Gasteiger partial charge < -0.3 is 14.3 Å². The van der Waals surface area contributed by atoms with Gasteiger partial charge in [0.25, 0.3) is 0 Å². The molecule has 146 valence electrons. The Labute approximate surface area is 154 Å². The number of ether oxygens (including phenoxy) is 2. The van der Waals surface area contributed by atoms with Crippen molar-refractivity contribution < 1.29 is 42.0 Å². The molecule has 0 heterocycles. The van der Waals surface area contributed by atoms with Crippen LogP contribution in [0, 0.1) is 5.92 Å². The van der Waals surface area contributed by atoms with Crippen LogP contribution in [0.15, 0.2) is 0 Å². The Morgan fingerprint density at radius 1 is 1.15 bits per heavy atom. The summed E-state index contributed by atoms with van der Waals surface area (Å²) in [6, 6.07) is 0. The Hall–Kier alpha value is -1.22. The molecule has 1 aliphatic carbocycles. The van der Waals surface area contributed by atoms with Gasteiger partial charge in [-0.25, -0.2) is 4.57 Å². The fourth-order valence-corrected chi connectivity index (χ4v) is 3.21. The summed E-state index contributed by atoms with van der Waals surface area (Å²) >= 11 is 0. The minimum Gasteiger partial charge on any atom is -0.462 e. The first-order valence-electron chi connectivity index (χ1n) is 8.39. The Kier molecular flexibility index (Phi) is 10.1. The maximum Gasteiger partial charge on any atom is 0.475 e. The molecule has 0 amide bonds. The average Bonchev–Trinajstić information content (AvgIpc) is 3.16. The quantitative estimate of drug-likeness (QED) is 0.278. The van der Waals surface area contributed by atoms with Gasteiger partial charge in [0.15, 0.2) is 14.0 Å². The summed E-state index contributed by atoms with van der Waals surface area (Å²) in [6.07, 6.45) is 2.54. The van der Waals surface area contributed by atoms with Crippen molar-refractivity contribution in [2.24, 2.45) is 5.92 Å². The zero-order valence-corrected chi connectivity index (χ0v) is 15.9. The second-order valence-corrected chi connectivity index (χ2v) is 7.52. The van der Waals surface area contributed by atoms with Crippen molar-refractivity contribution in [3.63, 3.8) is 0 Å². The maximum absolute atomic E-state index is 12.2. The number of esters is 2. The molecule has 0 aliphatic heterocycles. The topological polar surface area (TPSA) is 114 Å². The first-order chi connectivity index (χ1) is 12.3. The second kappa shape index (κ2) is 11.5. The summed E-state index contributed by atoms with van der Waals surface area (Å²) in [5.74, 6) is -1.11. The Bertz CT molecular complexity index is 533. The molecule has 1 aliphatic rings. The van der Waals surface area contributed by atoms with E-state index in [-0.39, 0.29) is 18.9 Å². The summed E-state index contributed by atoms with van der Waals surface area (Å²) < 4.78 is 36.9. The van der Waals surface area contributed by atoms with Crippen LogP contribution in [-0.4, -0.2) is 58.5 Å². The van der Waals surface area contributed by atoms with E-state index in [1.165, 1.54) is 0 Å². The van der Waals surface area contributed by atoms with Crippen LogP contribution in [0.1, 0.15) is 39.0 Å². The Morgan fingerprint density at radius 3 is 2.35 bits per heavy atom. The van der Waals surface area contributed by atoms with Gasteiger partial charge in [0.2, 0.25) is 0 Å². The number of hydrogen-bond donors (Lipinski definition) is 0. The number of carbonyl (C=O) groups excluding carboxylic acids is 3. The molecular formula is C15H24BO9P. The molecule has 2 unspecified atom stereocenters. The molecule has 2 atom stereocenters. The molecule has 0 bridgehead atoms. The third-order valence-corrected chi connectivity index (χ3v) is 5.06. The number of rotatable bonds is 12. The lowest BCUT2D eigenvalue weighted by Crippen LogP contribution is -2.31. The predicted octanol–water partition coefficient (Wildman–Crippen LogP) is 1.52. The Morgan fingerprint density at radius 2 is 1.81 bits per heavy atom. The van der Waals surface area contributed by atoms with Crippen LogP contribution in [0.2, 0.25) is 0 Å². The van der Waals surface area contributed by atoms with E-state index in [0.29, 0.717) is 0 Å². The molecule has 9 nitrogen and oxygen atoms in total. The van der Waals surface area contributed by atoms with Crippen molar-refractivity contribution >= 4 is 33.3 Å². The summed E-state index contributed by atoms with van der Waals surface area (Å²) in [5, 5.41) is 0. The fourth-order valence-electron chi connectivity index (χ4n) is 2.29. The molecule has 2 radical (unpaired) electrons. The largest absolute Gasteiger partial charge is 0.475 e. The minimum absolute atomic E-state index is 0.155. The maximum atomic E-state index is 12.2. The molecule has 1 rings (SSSR count). The molecule has 0 spiro atoms. The van der Waals surface area contributed by atoms with Crippen LogP contribution >= 0.6 is 7.82 Å².